The van der Waals surface area contributed by atoms with Crippen LogP contribution in [0.3, 0.4) is 0 Å². The molecule has 0 aromatic heterocycles. The van der Waals surface area contributed by atoms with Crippen LogP contribution >= 0.6 is 0 Å². The lowest BCUT2D eigenvalue weighted by molar-refractivity contribution is 0.413. The Labute approximate surface area is 805 Å². The molecule has 0 N–H and O–H groups in total. The van der Waals surface area contributed by atoms with Crippen molar-refractivity contribution in [1.82, 2.24) is 0 Å². The number of hydrogen-bond donors (Lipinski definition) is 0. The van der Waals surface area contributed by atoms with E-state index in [0.29, 0.717) is 46.0 Å². The number of rotatable bonds is 28. The minimum absolute atomic E-state index is 0.0687. The fourth-order valence-corrected chi connectivity index (χ4v) is 23.6. The van der Waals surface area contributed by atoms with Gasteiger partial charge in [-0.15, -0.1) is 0 Å². The summed E-state index contributed by atoms with van der Waals surface area (Å²) in [5.41, 5.74) is 9.52. The molecule has 0 bridgehead atoms. The molecule has 0 radical (unpaired) electrons. The smallest absolute Gasteiger partial charge is 0.206 e. The second kappa shape index (κ2) is 41.0. The Bertz CT molecular complexity index is 8060. The number of sulfone groups is 7. The summed E-state index contributed by atoms with van der Waals surface area (Å²) in [6.45, 7) is 10.0. The van der Waals surface area contributed by atoms with Gasteiger partial charge in [0.05, 0.1) is 89.9 Å². The van der Waals surface area contributed by atoms with E-state index in [9.17, 15) is 58.9 Å². The molecule has 17 aromatic rings. The molecule has 0 saturated carbocycles. The van der Waals surface area contributed by atoms with Gasteiger partial charge in [-0.1, -0.05) is 164 Å². The van der Waals surface area contributed by atoms with E-state index in [-0.39, 0.29) is 74.0 Å². The highest BCUT2D eigenvalue weighted by Crippen LogP contribution is 2.39. The molecule has 0 heterocycles. The summed E-state index contributed by atoms with van der Waals surface area (Å²) in [5, 5.41) is 0. The van der Waals surface area contributed by atoms with Gasteiger partial charge in [-0.25, -0.2) is 58.9 Å². The van der Waals surface area contributed by atoms with Gasteiger partial charge in [0.1, 0.15) is 51.7 Å². The van der Waals surface area contributed by atoms with Gasteiger partial charge in [0.2, 0.25) is 68.9 Å². The van der Waals surface area contributed by atoms with Crippen molar-refractivity contribution in [1.29, 1.82) is 0 Å². The number of hydrogen-bond acceptors (Lipinski definition) is 20. The van der Waals surface area contributed by atoms with Gasteiger partial charge in [0.25, 0.3) is 0 Å². The molecule has 0 fully saturated rings. The van der Waals surface area contributed by atoms with E-state index in [2.05, 4.69) is 26.0 Å². The summed E-state index contributed by atoms with van der Waals surface area (Å²) in [6.07, 6.45) is 0. The van der Waals surface area contributed by atoms with Crippen LogP contribution in [0.25, 0.3) is 33.4 Å². The first kappa shape index (κ1) is 97.7. The largest absolute Gasteiger partial charge is 0.497 e. The monoisotopic (exact) mass is 1970 g/mol. The van der Waals surface area contributed by atoms with Crippen molar-refractivity contribution in [3.63, 3.8) is 0 Å². The second-order valence-corrected chi connectivity index (χ2v) is 46.2. The first-order chi connectivity index (χ1) is 65.9. The molecule has 17 rings (SSSR count). The predicted octanol–water partition coefficient (Wildman–Crippen LogP) is 24.5. The van der Waals surface area contributed by atoms with Crippen molar-refractivity contribution < 1.29 is 87.3 Å². The van der Waals surface area contributed by atoms with Crippen LogP contribution in [0.5, 0.6) is 51.7 Å². The third-order valence-corrected chi connectivity index (χ3v) is 35.5. The van der Waals surface area contributed by atoms with Gasteiger partial charge in [-0.3, -0.25) is 0 Å². The van der Waals surface area contributed by atoms with Gasteiger partial charge in [-0.2, -0.15) is 0 Å². The van der Waals surface area contributed by atoms with Crippen LogP contribution in [0.2, 0.25) is 0 Å². The summed E-state index contributed by atoms with van der Waals surface area (Å²) in [5.74, 6) is 5.09. The predicted molar refractivity (Wildman–Crippen MR) is 531 cm³/mol. The molecule has 0 unspecified atom stereocenters. The van der Waals surface area contributed by atoms with E-state index >= 15 is 0 Å². The Morgan fingerprint density at radius 3 is 0.413 bits per heavy atom. The molecule has 27 heteroatoms. The highest BCUT2D eigenvalue weighted by atomic mass is 32.2. The first-order valence-electron chi connectivity index (χ1n) is 43.0. The third-order valence-electron chi connectivity index (χ3n) is 23.0. The standard InChI is InChI=1S/C41H36O6S2.C38H30O8S3.C32H26O6S2/c1-29-5-21-37(22-6-29)48(42,43)38-23-7-30(8-24-38)31-9-25-39(26-10-31)49(44,45)40-27-19-36(20-28-40)47-35-17-13-33(14-18-35)41(2,3)32-11-15-34(46-4)16-12-32;1-27-3-15-33(16-4-27)47(39,40)34-17-5-28(6-18-34)29-7-19-35(20-8-29)48(41,42)37-23-11-31(12-24-37)46-32-13-25-38(26-14-32)49(43,44)36-21-9-30(45-2)10-22-36;1-23-3-15-29(16-4-23)39(33,34)30-17-5-24(6-18-30)25-7-19-31(20-8-25)40(35,36)32-21-13-28(14-22-32)38-27-11-9-26(37-2)10-12-27/h5-28H,1-4H3;3-26H,1-2H3;3-22H,1-2H3. The molecule has 0 aliphatic heterocycles. The third kappa shape index (κ3) is 22.1. The van der Waals surface area contributed by atoms with Crippen LogP contribution in [0, 0.1) is 20.8 Å². The van der Waals surface area contributed by atoms with Gasteiger partial charge < -0.3 is 28.4 Å². The summed E-state index contributed by atoms with van der Waals surface area (Å²) in [6, 6.07) is 113. The van der Waals surface area contributed by atoms with Gasteiger partial charge in [-0.05, 0) is 344 Å². The molecule has 17 aromatic carbocycles. The normalized spacial score (nSPS) is 11.9. The quantitative estimate of drug-likeness (QED) is 0.0440. The topological polar surface area (TPSA) is 294 Å². The highest BCUT2D eigenvalue weighted by molar-refractivity contribution is 7.93. The zero-order valence-corrected chi connectivity index (χ0v) is 81.5. The summed E-state index contributed by atoms with van der Waals surface area (Å²) in [4.78, 5) is 2.23. The molecule has 0 amide bonds. The van der Waals surface area contributed by atoms with Crippen molar-refractivity contribution in [3.05, 3.63) is 440 Å². The Morgan fingerprint density at radius 2 is 0.261 bits per heavy atom. The van der Waals surface area contributed by atoms with Gasteiger partial charge in [0.15, 0.2) is 0 Å². The molecule has 0 saturated heterocycles. The molecule has 20 nitrogen and oxygen atoms in total. The minimum atomic E-state index is -3.85. The number of ether oxygens (including phenoxy) is 6. The first-order valence-corrected chi connectivity index (χ1v) is 53.3. The maximum absolute atomic E-state index is 13.4. The van der Waals surface area contributed by atoms with Gasteiger partial charge in [0, 0.05) is 5.41 Å². The van der Waals surface area contributed by atoms with E-state index in [4.69, 9.17) is 28.4 Å². The van der Waals surface area contributed by atoms with Crippen LogP contribution in [-0.2, 0) is 74.3 Å². The maximum atomic E-state index is 13.4. The van der Waals surface area contributed by atoms with Crippen LogP contribution in [0.4, 0.5) is 0 Å². The Kier molecular flexibility index (Phi) is 29.0. The molecule has 0 aliphatic carbocycles. The summed E-state index contributed by atoms with van der Waals surface area (Å²) >= 11 is 0. The van der Waals surface area contributed by atoms with E-state index in [1.165, 1.54) is 116 Å². The maximum Gasteiger partial charge on any atom is 0.206 e. The minimum Gasteiger partial charge on any atom is -0.497 e. The Morgan fingerprint density at radius 1 is 0.152 bits per heavy atom. The van der Waals surface area contributed by atoms with E-state index in [1.807, 2.05) is 57.2 Å². The number of methoxy groups -OCH3 is 3. The van der Waals surface area contributed by atoms with Crippen molar-refractivity contribution in [2.24, 2.45) is 0 Å². The molecular weight excluding hydrogens is 1880 g/mol. The molecular formula is C111H92O20S7. The lowest BCUT2D eigenvalue weighted by Gasteiger charge is -2.26. The fraction of sp³-hybridized carbons (Fsp3) is 0.0811. The SMILES string of the molecule is COc1ccc(C(C)(C)c2ccc(Oc3ccc(S(=O)(=O)c4ccc(-c5ccc(S(=O)(=O)c6ccc(C)cc6)cc5)cc4)cc3)cc2)cc1.COc1ccc(Oc2ccc(S(=O)(=O)c3ccc(-c4ccc(S(=O)(=O)c5ccc(C)cc5)cc4)cc3)cc2)cc1.COc1ccc(S(=O)(=O)c2ccc(Oc3ccc(S(=O)(=O)c4ccc(-c5ccc(S(=O)(=O)c6ccc(C)cc6)cc5)cc4)cc3)cc2)cc1. The zero-order chi connectivity index (χ0) is 98.0. The molecule has 0 aliphatic rings. The number of benzene rings is 17. The average Bonchev–Trinajstić information content (AvgIpc) is 0.771. The summed E-state index contributed by atoms with van der Waals surface area (Å²) < 4.78 is 217. The zero-order valence-electron chi connectivity index (χ0n) is 75.8. The molecule has 138 heavy (non-hydrogen) atoms. The summed E-state index contributed by atoms with van der Waals surface area (Å²) in [7, 11) is -21.3. The fourth-order valence-electron chi connectivity index (χ4n) is 14.7. The van der Waals surface area contributed by atoms with Crippen molar-refractivity contribution in [2.45, 2.75) is 109 Å². The Hall–Kier alpha value is -14.8. The van der Waals surface area contributed by atoms with Crippen molar-refractivity contribution in [2.75, 3.05) is 21.3 Å². The van der Waals surface area contributed by atoms with Crippen LogP contribution in [0.1, 0.15) is 41.7 Å². The highest BCUT2D eigenvalue weighted by Gasteiger charge is 2.28. The second-order valence-electron chi connectivity index (χ2n) is 32.5. The van der Waals surface area contributed by atoms with E-state index in [1.54, 1.807) is 269 Å². The molecule has 0 spiro atoms. The van der Waals surface area contributed by atoms with Crippen LogP contribution in [0.15, 0.2) is 481 Å². The van der Waals surface area contributed by atoms with Crippen molar-refractivity contribution >= 4 is 68.9 Å². The van der Waals surface area contributed by atoms with E-state index in [0.717, 1.165) is 66.9 Å². The average molecular weight is 1970 g/mol. The van der Waals surface area contributed by atoms with Crippen molar-refractivity contribution in [3.8, 4) is 85.1 Å². The molecule has 0 atom stereocenters. The Balaban J connectivity index is 0.000000158. The lowest BCUT2D eigenvalue weighted by Crippen LogP contribution is -2.18. The van der Waals surface area contributed by atoms with Crippen LogP contribution in [-0.4, -0.2) is 80.3 Å². The number of aryl methyl sites for hydroxylation is 3. The van der Waals surface area contributed by atoms with E-state index < -0.39 is 68.9 Å². The lowest BCUT2D eigenvalue weighted by atomic mass is 9.78. The van der Waals surface area contributed by atoms with Gasteiger partial charge >= 0.3 is 0 Å². The molecule has 698 valence electrons. The van der Waals surface area contributed by atoms with Crippen LogP contribution < -0.4 is 28.4 Å².